The van der Waals surface area contributed by atoms with Gasteiger partial charge in [0.25, 0.3) is 0 Å². The summed E-state index contributed by atoms with van der Waals surface area (Å²) in [5.41, 5.74) is 4.97. The molecule has 0 unspecified atom stereocenters. The largest absolute Gasteiger partial charge is 0.0805 e. The van der Waals surface area contributed by atoms with E-state index in [1.54, 1.807) is 16.7 Å². The summed E-state index contributed by atoms with van der Waals surface area (Å²) in [6.07, 6.45) is 4.99. The molecule has 0 bridgehead atoms. The maximum absolute atomic E-state index is 2.46. The minimum absolute atomic E-state index is 0.677. The van der Waals surface area contributed by atoms with E-state index in [1.807, 2.05) is 0 Å². The van der Waals surface area contributed by atoms with Gasteiger partial charge in [0.1, 0.15) is 0 Å². The van der Waals surface area contributed by atoms with Gasteiger partial charge < -0.3 is 0 Å². The summed E-state index contributed by atoms with van der Waals surface area (Å²) in [5, 5.41) is 0. The van der Waals surface area contributed by atoms with E-state index in [0.717, 1.165) is 0 Å². The zero-order chi connectivity index (χ0) is 11.6. The van der Waals surface area contributed by atoms with Crippen molar-refractivity contribution >= 4 is 0 Å². The first-order valence-electron chi connectivity index (χ1n) is 6.38. The summed E-state index contributed by atoms with van der Waals surface area (Å²) < 4.78 is 0. The van der Waals surface area contributed by atoms with E-state index in [2.05, 4.69) is 47.6 Å². The molecule has 0 aromatic carbocycles. The number of rotatable bonds is 3. The molecule has 1 aliphatic carbocycles. The van der Waals surface area contributed by atoms with Gasteiger partial charge in [0, 0.05) is 0 Å². The van der Waals surface area contributed by atoms with E-state index in [1.165, 1.54) is 12.8 Å². The normalized spacial score (nSPS) is 18.1. The lowest BCUT2D eigenvalue weighted by Gasteiger charge is -2.29. The molecule has 1 aliphatic rings. The highest BCUT2D eigenvalue weighted by Gasteiger charge is 2.21. The van der Waals surface area contributed by atoms with Gasteiger partial charge in [-0.05, 0) is 41.7 Å². The fraction of sp³-hybridized carbons (Fsp3) is 0.733. The van der Waals surface area contributed by atoms with Crippen LogP contribution in [0.3, 0.4) is 0 Å². The van der Waals surface area contributed by atoms with E-state index in [0.29, 0.717) is 17.8 Å². The summed E-state index contributed by atoms with van der Waals surface area (Å²) in [5.74, 6) is 2.07. The first-order chi connectivity index (χ1) is 6.95. The third-order valence-electron chi connectivity index (χ3n) is 3.33. The molecule has 0 atom stereocenters. The Hall–Kier alpha value is -0.520. The lowest BCUT2D eigenvalue weighted by atomic mass is 9.76. The molecule has 0 heterocycles. The molecule has 0 radical (unpaired) electrons. The van der Waals surface area contributed by atoms with Crippen LogP contribution in [0.4, 0.5) is 0 Å². The van der Waals surface area contributed by atoms with Crippen molar-refractivity contribution in [3.8, 4) is 0 Å². The van der Waals surface area contributed by atoms with Gasteiger partial charge in [-0.2, -0.15) is 0 Å². The van der Waals surface area contributed by atoms with Crippen LogP contribution in [0.15, 0.2) is 22.8 Å². The maximum Gasteiger partial charge on any atom is -0.0216 e. The highest BCUT2D eigenvalue weighted by atomic mass is 14.3. The zero-order valence-corrected chi connectivity index (χ0v) is 11.2. The van der Waals surface area contributed by atoms with E-state index in [-0.39, 0.29) is 0 Å². The van der Waals surface area contributed by atoms with E-state index >= 15 is 0 Å². The fourth-order valence-corrected chi connectivity index (χ4v) is 2.66. The topological polar surface area (TPSA) is 0 Å². The molecule has 1 rings (SSSR count). The molecule has 0 saturated carbocycles. The smallest absolute Gasteiger partial charge is 0.0216 e. The third kappa shape index (κ3) is 2.74. The fourth-order valence-electron chi connectivity index (χ4n) is 2.66. The lowest BCUT2D eigenvalue weighted by molar-refractivity contribution is 0.616. The molecular formula is C15H26. The lowest BCUT2D eigenvalue weighted by Crippen LogP contribution is -2.14. The van der Waals surface area contributed by atoms with Crippen molar-refractivity contribution in [3.63, 3.8) is 0 Å². The third-order valence-corrected chi connectivity index (χ3v) is 3.33. The highest BCUT2D eigenvalue weighted by Crippen LogP contribution is 2.37. The average Bonchev–Trinajstić information content (AvgIpc) is 2.16. The van der Waals surface area contributed by atoms with Crippen molar-refractivity contribution in [3.05, 3.63) is 22.8 Å². The van der Waals surface area contributed by atoms with E-state index in [9.17, 15) is 0 Å². The first kappa shape index (κ1) is 12.5. The highest BCUT2D eigenvalue weighted by molar-refractivity contribution is 5.41. The van der Waals surface area contributed by atoms with Crippen LogP contribution in [0, 0.1) is 17.8 Å². The molecule has 15 heavy (non-hydrogen) atoms. The van der Waals surface area contributed by atoms with Crippen molar-refractivity contribution in [2.75, 3.05) is 0 Å². The second-order valence-electron chi connectivity index (χ2n) is 5.60. The zero-order valence-electron chi connectivity index (χ0n) is 11.2. The predicted molar refractivity (Wildman–Crippen MR) is 68.9 cm³/mol. The van der Waals surface area contributed by atoms with Gasteiger partial charge in [0.15, 0.2) is 0 Å². The van der Waals surface area contributed by atoms with Crippen molar-refractivity contribution in [1.29, 1.82) is 0 Å². The Morgan fingerprint density at radius 2 is 1.47 bits per heavy atom. The summed E-state index contributed by atoms with van der Waals surface area (Å²) >= 11 is 0. The van der Waals surface area contributed by atoms with Crippen LogP contribution in [0.25, 0.3) is 0 Å². The molecule has 0 aromatic heterocycles. The second-order valence-corrected chi connectivity index (χ2v) is 5.60. The molecule has 0 amide bonds. The van der Waals surface area contributed by atoms with Gasteiger partial charge in [-0.3, -0.25) is 0 Å². The molecule has 0 nitrogen and oxygen atoms in total. The number of hydrogen-bond donors (Lipinski definition) is 0. The minimum Gasteiger partial charge on any atom is -0.0805 e. The molecule has 0 N–H and O–H groups in total. The monoisotopic (exact) mass is 206 g/mol. The Labute approximate surface area is 95.5 Å². The van der Waals surface area contributed by atoms with Crippen molar-refractivity contribution in [2.24, 2.45) is 17.8 Å². The molecule has 0 saturated heterocycles. The average molecular weight is 206 g/mol. The summed E-state index contributed by atoms with van der Waals surface area (Å²) in [4.78, 5) is 0. The standard InChI is InChI=1S/C15H26/c1-10(2)13-8-7-9-14(11(3)4)15(13)12(5)6/h8,10-12H,7,9H2,1-6H3. The Morgan fingerprint density at radius 1 is 0.867 bits per heavy atom. The first-order valence-corrected chi connectivity index (χ1v) is 6.38. The Kier molecular flexibility index (Phi) is 4.19. The van der Waals surface area contributed by atoms with Crippen LogP contribution in [-0.2, 0) is 0 Å². The molecule has 0 aromatic rings. The summed E-state index contributed by atoms with van der Waals surface area (Å²) in [7, 11) is 0. The van der Waals surface area contributed by atoms with Gasteiger partial charge in [0.2, 0.25) is 0 Å². The quantitative estimate of drug-likeness (QED) is 0.611. The van der Waals surface area contributed by atoms with Crippen LogP contribution in [0.2, 0.25) is 0 Å². The van der Waals surface area contributed by atoms with Gasteiger partial charge in [-0.25, -0.2) is 0 Å². The molecule has 0 heteroatoms. The maximum atomic E-state index is 2.46. The van der Waals surface area contributed by atoms with Crippen LogP contribution in [0.1, 0.15) is 54.4 Å². The summed E-state index contributed by atoms with van der Waals surface area (Å²) in [6, 6.07) is 0. The van der Waals surface area contributed by atoms with Crippen LogP contribution < -0.4 is 0 Å². The molecule has 86 valence electrons. The number of hydrogen-bond acceptors (Lipinski definition) is 0. The summed E-state index contributed by atoms with van der Waals surface area (Å²) in [6.45, 7) is 14.0. The Morgan fingerprint density at radius 3 is 1.87 bits per heavy atom. The van der Waals surface area contributed by atoms with Gasteiger partial charge in [-0.15, -0.1) is 0 Å². The SMILES string of the molecule is CC(C)C1=CCCC(C(C)C)=C1C(C)C. The van der Waals surface area contributed by atoms with Crippen LogP contribution in [0.5, 0.6) is 0 Å². The second kappa shape index (κ2) is 5.01. The molecule has 0 fully saturated rings. The predicted octanol–water partition coefficient (Wildman–Crippen LogP) is 4.97. The van der Waals surface area contributed by atoms with Gasteiger partial charge >= 0.3 is 0 Å². The van der Waals surface area contributed by atoms with Gasteiger partial charge in [0.05, 0.1) is 0 Å². The minimum atomic E-state index is 0.677. The van der Waals surface area contributed by atoms with E-state index in [4.69, 9.17) is 0 Å². The van der Waals surface area contributed by atoms with Crippen molar-refractivity contribution in [2.45, 2.75) is 54.4 Å². The molecule has 0 aliphatic heterocycles. The molecular weight excluding hydrogens is 180 g/mol. The van der Waals surface area contributed by atoms with Crippen LogP contribution in [-0.4, -0.2) is 0 Å². The Balaban J connectivity index is 3.15. The Bertz CT molecular complexity index is 274. The van der Waals surface area contributed by atoms with Crippen LogP contribution >= 0.6 is 0 Å². The number of allylic oxidation sites excluding steroid dienone is 4. The van der Waals surface area contributed by atoms with E-state index < -0.39 is 0 Å². The molecule has 0 spiro atoms. The van der Waals surface area contributed by atoms with Crippen molar-refractivity contribution in [1.82, 2.24) is 0 Å². The van der Waals surface area contributed by atoms with Crippen molar-refractivity contribution < 1.29 is 0 Å². The van der Waals surface area contributed by atoms with Gasteiger partial charge in [-0.1, -0.05) is 53.2 Å².